The number of rotatable bonds is 8. The first-order valence-electron chi connectivity index (χ1n) is 8.63. The van der Waals surface area contributed by atoms with Crippen LogP contribution in [-0.4, -0.2) is 50.7 Å². The highest BCUT2D eigenvalue weighted by Crippen LogP contribution is 2.24. The molecule has 9 nitrogen and oxygen atoms in total. The molecule has 0 aromatic heterocycles. The zero-order valence-electron chi connectivity index (χ0n) is 15.0. The van der Waals surface area contributed by atoms with Crippen LogP contribution in [0.25, 0.3) is 0 Å². The van der Waals surface area contributed by atoms with Crippen molar-refractivity contribution in [3.05, 3.63) is 24.3 Å². The van der Waals surface area contributed by atoms with Gasteiger partial charge in [0.05, 0.1) is 17.2 Å². The molecule has 1 aromatic carbocycles. The molecule has 0 saturated heterocycles. The Bertz CT molecular complexity index is 809. The summed E-state index contributed by atoms with van der Waals surface area (Å²) in [6.07, 6.45) is 3.00. The van der Waals surface area contributed by atoms with E-state index in [1.54, 1.807) is 6.92 Å². The highest BCUT2D eigenvalue weighted by atomic mass is 32.2. The van der Waals surface area contributed by atoms with Crippen LogP contribution in [0.1, 0.15) is 26.2 Å². The van der Waals surface area contributed by atoms with Gasteiger partial charge in [0.1, 0.15) is 6.54 Å². The number of nitrogens with one attached hydrogen (secondary N) is 3. The van der Waals surface area contributed by atoms with Crippen molar-refractivity contribution in [2.24, 2.45) is 10.9 Å². The van der Waals surface area contributed by atoms with Gasteiger partial charge in [-0.25, -0.2) is 13.1 Å². The maximum Gasteiger partial charge on any atom is 0.327 e. The topological polar surface area (TPSA) is 141 Å². The van der Waals surface area contributed by atoms with Gasteiger partial charge in [0.25, 0.3) is 0 Å². The van der Waals surface area contributed by atoms with E-state index in [2.05, 4.69) is 9.71 Å². The monoisotopic (exact) mass is 396 g/mol. The van der Waals surface area contributed by atoms with Crippen LogP contribution >= 0.6 is 0 Å². The Hall–Kier alpha value is -2.30. The molecule has 2 unspecified atom stereocenters. The van der Waals surface area contributed by atoms with Crippen LogP contribution in [0.2, 0.25) is 0 Å². The Morgan fingerprint density at radius 1 is 1.48 bits per heavy atom. The molecule has 10 heteroatoms. The van der Waals surface area contributed by atoms with Gasteiger partial charge in [-0.3, -0.25) is 20.5 Å². The summed E-state index contributed by atoms with van der Waals surface area (Å²) >= 11 is 0. The average Bonchev–Trinajstić information content (AvgIpc) is 2.66. The van der Waals surface area contributed by atoms with Gasteiger partial charge in [-0.15, -0.1) is 0 Å². The molecule has 0 heterocycles. The number of carbonyl (C=O) groups excluding carboxylic acids is 1. The average molecular weight is 396 g/mol. The van der Waals surface area contributed by atoms with Crippen molar-refractivity contribution in [1.29, 1.82) is 5.41 Å². The van der Waals surface area contributed by atoms with Gasteiger partial charge in [-0.2, -0.15) is 0 Å². The lowest BCUT2D eigenvalue weighted by atomic mass is 9.84. The van der Waals surface area contributed by atoms with Crippen molar-refractivity contribution < 1.29 is 23.2 Å². The van der Waals surface area contributed by atoms with Gasteiger partial charge in [-0.05, 0) is 44.4 Å². The third-order valence-electron chi connectivity index (χ3n) is 4.24. The van der Waals surface area contributed by atoms with Crippen LogP contribution in [0.5, 0.6) is 0 Å². The van der Waals surface area contributed by atoms with E-state index in [1.807, 2.05) is 5.48 Å². The SMILES string of the molecule is CCOC(=O)CN=C1CCCC(NS(=O)(=O)c2cccc(NO)c2)C1C=N. The van der Waals surface area contributed by atoms with Crippen molar-refractivity contribution in [2.45, 2.75) is 37.1 Å². The molecule has 0 amide bonds. The van der Waals surface area contributed by atoms with Crippen LogP contribution in [0, 0.1) is 11.3 Å². The van der Waals surface area contributed by atoms with Gasteiger partial charge >= 0.3 is 5.97 Å². The predicted molar refractivity (Wildman–Crippen MR) is 101 cm³/mol. The number of anilines is 1. The Morgan fingerprint density at radius 2 is 2.26 bits per heavy atom. The quantitative estimate of drug-likeness (QED) is 0.299. The summed E-state index contributed by atoms with van der Waals surface area (Å²) in [5.74, 6) is -0.980. The molecule has 27 heavy (non-hydrogen) atoms. The van der Waals surface area contributed by atoms with Gasteiger partial charge in [0, 0.05) is 23.9 Å². The van der Waals surface area contributed by atoms with E-state index < -0.39 is 28.0 Å². The minimum Gasteiger partial charge on any atom is -0.465 e. The first-order valence-corrected chi connectivity index (χ1v) is 10.1. The maximum atomic E-state index is 12.7. The summed E-state index contributed by atoms with van der Waals surface area (Å²) in [5, 5.41) is 16.7. The fourth-order valence-electron chi connectivity index (χ4n) is 2.98. The molecule has 148 valence electrons. The standard InChI is InChI=1S/C17H24N4O5S/c1-2-26-17(22)11-19-15-7-4-8-16(14(15)10-18)21-27(24,25)13-6-3-5-12(9-13)20-23/h3,5-6,9-10,14,16,18,20-21,23H,2,4,7-8,11H2,1H3. The summed E-state index contributed by atoms with van der Waals surface area (Å²) in [4.78, 5) is 15.8. The summed E-state index contributed by atoms with van der Waals surface area (Å²) in [7, 11) is -3.85. The highest BCUT2D eigenvalue weighted by Gasteiger charge is 2.32. The van der Waals surface area contributed by atoms with E-state index in [0.717, 1.165) is 6.21 Å². The number of hydrogen-bond donors (Lipinski definition) is 4. The normalized spacial score (nSPS) is 21.6. The van der Waals surface area contributed by atoms with E-state index in [4.69, 9.17) is 15.4 Å². The highest BCUT2D eigenvalue weighted by molar-refractivity contribution is 7.89. The molecule has 0 spiro atoms. The summed E-state index contributed by atoms with van der Waals surface area (Å²) < 4.78 is 32.8. The molecule has 2 atom stereocenters. The number of aliphatic imine (C=N–C) groups is 1. The van der Waals surface area contributed by atoms with Gasteiger partial charge in [-0.1, -0.05) is 6.07 Å². The zero-order chi connectivity index (χ0) is 19.9. The second-order valence-corrected chi connectivity index (χ2v) is 7.78. The molecule has 0 aliphatic heterocycles. The zero-order valence-corrected chi connectivity index (χ0v) is 15.8. The number of benzene rings is 1. The number of hydrogen-bond acceptors (Lipinski definition) is 8. The van der Waals surface area contributed by atoms with Gasteiger partial charge in [0.15, 0.2) is 0 Å². The smallest absolute Gasteiger partial charge is 0.327 e. The Kier molecular flexibility index (Phi) is 7.45. The number of nitrogens with zero attached hydrogens (tertiary/aromatic N) is 1. The Morgan fingerprint density at radius 3 is 2.93 bits per heavy atom. The second kappa shape index (κ2) is 9.58. The van der Waals surface area contributed by atoms with Crippen LogP contribution in [0.3, 0.4) is 0 Å². The number of sulfonamides is 1. The van der Waals surface area contributed by atoms with E-state index in [-0.39, 0.29) is 23.7 Å². The van der Waals surface area contributed by atoms with E-state index in [0.29, 0.717) is 25.0 Å². The minimum atomic E-state index is -3.85. The van der Waals surface area contributed by atoms with Crippen molar-refractivity contribution in [1.82, 2.24) is 4.72 Å². The Balaban J connectivity index is 2.17. The molecular formula is C17H24N4O5S. The van der Waals surface area contributed by atoms with Crippen LogP contribution in [-0.2, 0) is 19.6 Å². The predicted octanol–water partition coefficient (Wildman–Crippen LogP) is 1.59. The van der Waals surface area contributed by atoms with Gasteiger partial charge in [0.2, 0.25) is 10.0 Å². The molecule has 1 saturated carbocycles. The molecule has 0 radical (unpaired) electrons. The van der Waals surface area contributed by atoms with Crippen molar-refractivity contribution in [3.8, 4) is 0 Å². The van der Waals surface area contributed by atoms with Crippen molar-refractivity contribution >= 4 is 33.6 Å². The first kappa shape index (κ1) is 21.0. The molecule has 1 aliphatic rings. The lowest BCUT2D eigenvalue weighted by Gasteiger charge is -2.30. The largest absolute Gasteiger partial charge is 0.465 e. The second-order valence-electron chi connectivity index (χ2n) is 6.06. The summed E-state index contributed by atoms with van der Waals surface area (Å²) in [5.41, 5.74) is 2.78. The van der Waals surface area contributed by atoms with E-state index in [9.17, 15) is 13.2 Å². The molecule has 2 rings (SSSR count). The minimum absolute atomic E-state index is 0.000802. The fourth-order valence-corrected chi connectivity index (χ4v) is 4.32. The molecule has 1 aromatic rings. The number of ether oxygens (including phenoxy) is 1. The summed E-state index contributed by atoms with van der Waals surface area (Å²) in [6, 6.07) is 5.23. The molecule has 1 aliphatic carbocycles. The lowest BCUT2D eigenvalue weighted by molar-refractivity contribution is -0.141. The third kappa shape index (κ3) is 5.59. The lowest BCUT2D eigenvalue weighted by Crippen LogP contribution is -2.46. The molecule has 4 N–H and O–H groups in total. The molecule has 0 bridgehead atoms. The summed E-state index contributed by atoms with van der Waals surface area (Å²) in [6.45, 7) is 1.83. The van der Waals surface area contributed by atoms with E-state index in [1.165, 1.54) is 24.3 Å². The Labute approximate surface area is 158 Å². The van der Waals surface area contributed by atoms with Crippen LogP contribution in [0.15, 0.2) is 34.2 Å². The third-order valence-corrected chi connectivity index (χ3v) is 5.73. The fraction of sp³-hybridized carbons (Fsp3) is 0.471. The van der Waals surface area contributed by atoms with Gasteiger partial charge < -0.3 is 10.1 Å². The first-order chi connectivity index (χ1) is 12.9. The van der Waals surface area contributed by atoms with Crippen LogP contribution in [0.4, 0.5) is 5.69 Å². The number of carbonyl (C=O) groups is 1. The molecular weight excluding hydrogens is 372 g/mol. The van der Waals surface area contributed by atoms with Crippen molar-refractivity contribution in [2.75, 3.05) is 18.6 Å². The maximum absolute atomic E-state index is 12.7. The number of esters is 1. The van der Waals surface area contributed by atoms with Crippen LogP contribution < -0.4 is 10.2 Å². The van der Waals surface area contributed by atoms with Crippen molar-refractivity contribution in [3.63, 3.8) is 0 Å². The molecule has 1 fully saturated rings. The van der Waals surface area contributed by atoms with E-state index >= 15 is 0 Å².